The lowest BCUT2D eigenvalue weighted by Crippen LogP contribution is -2.13. The van der Waals surface area contributed by atoms with Gasteiger partial charge < -0.3 is 5.32 Å². The third kappa shape index (κ3) is 2.91. The molecule has 4 rings (SSSR count). The van der Waals surface area contributed by atoms with Gasteiger partial charge in [-0.2, -0.15) is 0 Å². The van der Waals surface area contributed by atoms with Crippen LogP contribution in [-0.4, -0.2) is 26.1 Å². The minimum Gasteiger partial charge on any atom is -0.355 e. The van der Waals surface area contributed by atoms with Gasteiger partial charge in [-0.3, -0.25) is 0 Å². The number of fused-ring (bicyclic) bond motifs is 3. The number of aromatic nitrogens is 4. The van der Waals surface area contributed by atoms with E-state index in [1.807, 2.05) is 52.9 Å². The van der Waals surface area contributed by atoms with Gasteiger partial charge in [0.25, 0.3) is 0 Å². The highest BCUT2D eigenvalue weighted by Gasteiger charge is 2.16. The molecule has 6 heteroatoms. The van der Waals surface area contributed by atoms with Gasteiger partial charge in [-0.1, -0.05) is 37.6 Å². The molecule has 0 spiro atoms. The number of hydrogen-bond acceptors (Lipinski definition) is 4. The van der Waals surface area contributed by atoms with Crippen LogP contribution in [0.4, 0.5) is 5.95 Å². The van der Waals surface area contributed by atoms with Gasteiger partial charge in [-0.15, -0.1) is 10.2 Å². The molecule has 126 valence electrons. The minimum absolute atomic E-state index is 0.499. The van der Waals surface area contributed by atoms with Crippen LogP contribution in [0.3, 0.4) is 0 Å². The first-order chi connectivity index (χ1) is 12.1. The largest absolute Gasteiger partial charge is 0.355 e. The zero-order valence-electron chi connectivity index (χ0n) is 14.1. The lowest BCUT2D eigenvalue weighted by atomic mass is 10.2. The number of nitrogens with zero attached hydrogens (tertiary/aromatic N) is 4. The van der Waals surface area contributed by atoms with E-state index in [4.69, 9.17) is 16.6 Å². The van der Waals surface area contributed by atoms with Crippen LogP contribution >= 0.6 is 11.6 Å². The second kappa shape index (κ2) is 6.33. The zero-order valence-corrected chi connectivity index (χ0v) is 14.8. The Hall–Kier alpha value is -2.66. The molecule has 0 amide bonds. The standard InChI is InChI=1S/C19H18ClN5/c1-12(2)11-21-19-22-16-6-4-3-5-15(16)18-24-23-17(25(18)19)13-7-9-14(20)10-8-13/h3-10,12H,11H2,1-2H3,(H,21,22). The monoisotopic (exact) mass is 351 g/mol. The number of hydrogen-bond donors (Lipinski definition) is 1. The molecule has 2 aromatic heterocycles. The second-order valence-electron chi connectivity index (χ2n) is 6.42. The van der Waals surface area contributed by atoms with E-state index in [1.54, 1.807) is 0 Å². The summed E-state index contributed by atoms with van der Waals surface area (Å²) in [5, 5.41) is 14.0. The van der Waals surface area contributed by atoms with Gasteiger partial charge in [-0.25, -0.2) is 9.38 Å². The van der Waals surface area contributed by atoms with E-state index in [2.05, 4.69) is 29.4 Å². The number of benzene rings is 2. The number of nitrogens with one attached hydrogen (secondary N) is 1. The Morgan fingerprint density at radius 1 is 1.04 bits per heavy atom. The predicted octanol–water partition coefficient (Wildman–Crippen LogP) is 4.67. The SMILES string of the molecule is CC(C)CNc1nc2ccccc2c2nnc(-c3ccc(Cl)cc3)n12. The molecule has 5 nitrogen and oxygen atoms in total. The van der Waals surface area contributed by atoms with Gasteiger partial charge in [0, 0.05) is 22.5 Å². The summed E-state index contributed by atoms with van der Waals surface area (Å²) >= 11 is 6.02. The normalized spacial score (nSPS) is 11.5. The van der Waals surface area contributed by atoms with Gasteiger partial charge in [0.05, 0.1) is 5.52 Å². The maximum absolute atomic E-state index is 6.02. The Morgan fingerprint density at radius 3 is 2.56 bits per heavy atom. The molecule has 25 heavy (non-hydrogen) atoms. The van der Waals surface area contributed by atoms with Crippen LogP contribution in [0.25, 0.3) is 27.9 Å². The molecule has 0 fully saturated rings. The number of para-hydroxylation sites is 1. The molecule has 0 radical (unpaired) electrons. The molecule has 0 atom stereocenters. The average molecular weight is 352 g/mol. The minimum atomic E-state index is 0.499. The molecule has 2 aromatic carbocycles. The Balaban J connectivity index is 1.98. The molecular formula is C19H18ClN5. The summed E-state index contributed by atoms with van der Waals surface area (Å²) in [5.41, 5.74) is 2.64. The lowest BCUT2D eigenvalue weighted by molar-refractivity contribution is 0.684. The molecule has 0 aliphatic carbocycles. The van der Waals surface area contributed by atoms with Gasteiger partial charge >= 0.3 is 0 Å². The van der Waals surface area contributed by atoms with Crippen molar-refractivity contribution >= 4 is 34.1 Å². The van der Waals surface area contributed by atoms with Crippen LogP contribution in [0.15, 0.2) is 48.5 Å². The van der Waals surface area contributed by atoms with Crippen LogP contribution in [-0.2, 0) is 0 Å². The maximum atomic E-state index is 6.02. The van der Waals surface area contributed by atoms with Crippen molar-refractivity contribution in [1.29, 1.82) is 0 Å². The van der Waals surface area contributed by atoms with Gasteiger partial charge in [0.1, 0.15) is 0 Å². The fraction of sp³-hybridized carbons (Fsp3) is 0.211. The topological polar surface area (TPSA) is 55.1 Å². The molecule has 0 aliphatic rings. The summed E-state index contributed by atoms with van der Waals surface area (Å²) in [7, 11) is 0. The quantitative estimate of drug-likeness (QED) is 0.580. The number of anilines is 1. The summed E-state index contributed by atoms with van der Waals surface area (Å²) in [5.74, 6) is 1.99. The predicted molar refractivity (Wildman–Crippen MR) is 102 cm³/mol. The molecule has 0 saturated heterocycles. The van der Waals surface area contributed by atoms with Crippen LogP contribution in [0.2, 0.25) is 5.02 Å². The molecule has 0 saturated carbocycles. The van der Waals surface area contributed by atoms with Crippen molar-refractivity contribution in [3.8, 4) is 11.4 Å². The first kappa shape index (κ1) is 15.8. The van der Waals surface area contributed by atoms with Crippen LogP contribution in [0.1, 0.15) is 13.8 Å². The van der Waals surface area contributed by atoms with Crippen LogP contribution in [0.5, 0.6) is 0 Å². The molecule has 2 heterocycles. The Morgan fingerprint density at radius 2 is 1.80 bits per heavy atom. The summed E-state index contributed by atoms with van der Waals surface area (Å²) < 4.78 is 1.98. The van der Waals surface area contributed by atoms with E-state index in [9.17, 15) is 0 Å². The third-order valence-corrected chi connectivity index (χ3v) is 4.27. The van der Waals surface area contributed by atoms with Gasteiger partial charge in [-0.05, 0) is 42.3 Å². The van der Waals surface area contributed by atoms with Crippen molar-refractivity contribution < 1.29 is 0 Å². The smallest absolute Gasteiger partial charge is 0.211 e. The lowest BCUT2D eigenvalue weighted by Gasteiger charge is -2.13. The average Bonchev–Trinajstić information content (AvgIpc) is 3.06. The second-order valence-corrected chi connectivity index (χ2v) is 6.85. The Bertz CT molecular complexity index is 1040. The number of rotatable bonds is 4. The molecular weight excluding hydrogens is 334 g/mol. The summed E-state index contributed by atoms with van der Waals surface area (Å²) in [6.45, 7) is 5.15. The van der Waals surface area contributed by atoms with Crippen molar-refractivity contribution in [2.24, 2.45) is 5.92 Å². The van der Waals surface area contributed by atoms with Crippen molar-refractivity contribution in [1.82, 2.24) is 19.6 Å². The first-order valence-electron chi connectivity index (χ1n) is 8.27. The van der Waals surface area contributed by atoms with Crippen molar-refractivity contribution in [2.45, 2.75) is 13.8 Å². The van der Waals surface area contributed by atoms with E-state index >= 15 is 0 Å². The van der Waals surface area contributed by atoms with Gasteiger partial charge in [0.15, 0.2) is 11.5 Å². The zero-order chi connectivity index (χ0) is 17.4. The Kier molecular flexibility index (Phi) is 4.01. The van der Waals surface area contributed by atoms with Crippen molar-refractivity contribution in [3.05, 3.63) is 53.6 Å². The molecule has 1 N–H and O–H groups in total. The van der Waals surface area contributed by atoms with Crippen molar-refractivity contribution in [3.63, 3.8) is 0 Å². The summed E-state index contributed by atoms with van der Waals surface area (Å²) in [4.78, 5) is 4.80. The molecule has 0 bridgehead atoms. The highest BCUT2D eigenvalue weighted by Crippen LogP contribution is 2.27. The molecule has 0 aliphatic heterocycles. The van der Waals surface area contributed by atoms with E-state index in [0.717, 1.165) is 40.4 Å². The highest BCUT2D eigenvalue weighted by molar-refractivity contribution is 6.30. The van der Waals surface area contributed by atoms with E-state index in [1.165, 1.54) is 0 Å². The van der Waals surface area contributed by atoms with E-state index < -0.39 is 0 Å². The molecule has 0 unspecified atom stereocenters. The highest BCUT2D eigenvalue weighted by atomic mass is 35.5. The Labute approximate surface area is 150 Å². The van der Waals surface area contributed by atoms with Gasteiger partial charge in [0.2, 0.25) is 5.95 Å². The first-order valence-corrected chi connectivity index (χ1v) is 8.65. The number of halogens is 1. The third-order valence-electron chi connectivity index (χ3n) is 4.02. The van der Waals surface area contributed by atoms with Crippen molar-refractivity contribution in [2.75, 3.05) is 11.9 Å². The fourth-order valence-electron chi connectivity index (χ4n) is 2.78. The maximum Gasteiger partial charge on any atom is 0.211 e. The van der Waals surface area contributed by atoms with Crippen LogP contribution < -0.4 is 5.32 Å². The summed E-state index contributed by atoms with van der Waals surface area (Å²) in [6.07, 6.45) is 0. The van der Waals surface area contributed by atoms with E-state index in [-0.39, 0.29) is 0 Å². The van der Waals surface area contributed by atoms with Crippen LogP contribution in [0, 0.1) is 5.92 Å². The summed E-state index contributed by atoms with van der Waals surface area (Å²) in [6, 6.07) is 15.6. The fourth-order valence-corrected chi connectivity index (χ4v) is 2.91. The van der Waals surface area contributed by atoms with E-state index in [0.29, 0.717) is 10.9 Å². The molecule has 4 aromatic rings.